The maximum Gasteiger partial charge on any atom is 0.0558 e. The second-order valence-electron chi connectivity index (χ2n) is 5.08. The first kappa shape index (κ1) is 15.0. The van der Waals surface area contributed by atoms with Gasteiger partial charge in [0.05, 0.1) is 6.61 Å². The first-order valence-corrected chi connectivity index (χ1v) is 7.86. The summed E-state index contributed by atoms with van der Waals surface area (Å²) >= 11 is 3.49. The van der Waals surface area contributed by atoms with Gasteiger partial charge in [-0.15, -0.1) is 0 Å². The molecule has 0 radical (unpaired) electrons. The van der Waals surface area contributed by atoms with Crippen molar-refractivity contribution in [3.8, 4) is 0 Å². The van der Waals surface area contributed by atoms with Crippen LogP contribution in [0, 0.1) is 0 Å². The fraction of sp³-hybridized carbons (Fsp3) is 0.600. The van der Waals surface area contributed by atoms with Crippen LogP contribution in [-0.2, 0) is 0 Å². The lowest BCUT2D eigenvalue weighted by Crippen LogP contribution is -2.48. The summed E-state index contributed by atoms with van der Waals surface area (Å²) in [7, 11) is 0. The van der Waals surface area contributed by atoms with Crippen molar-refractivity contribution in [3.63, 3.8) is 0 Å². The second-order valence-corrected chi connectivity index (χ2v) is 5.99. The third kappa shape index (κ3) is 4.02. The lowest BCUT2D eigenvalue weighted by Gasteiger charge is -2.39. The minimum atomic E-state index is 0.268. The molecule has 0 spiro atoms. The van der Waals surface area contributed by atoms with Gasteiger partial charge in [-0.05, 0) is 24.1 Å². The highest BCUT2D eigenvalue weighted by atomic mass is 79.9. The molecule has 0 bridgehead atoms. The Kier molecular flexibility index (Phi) is 5.82. The number of β-amino-alcohol motifs (C(OH)–C–C–N with tert-alkyl or cyclic N) is 1. The molecule has 1 heterocycles. The third-order valence-electron chi connectivity index (χ3n) is 3.91. The number of benzene rings is 1. The van der Waals surface area contributed by atoms with Gasteiger partial charge in [0, 0.05) is 43.2 Å². The number of hydrogen-bond acceptors (Lipinski definition) is 3. The number of nitrogens with zero attached hydrogens (tertiary/aromatic N) is 2. The van der Waals surface area contributed by atoms with E-state index in [0.717, 1.165) is 43.6 Å². The summed E-state index contributed by atoms with van der Waals surface area (Å²) < 4.78 is 1.14. The van der Waals surface area contributed by atoms with Crippen LogP contribution in [0.25, 0.3) is 0 Å². The van der Waals surface area contributed by atoms with Crippen LogP contribution in [0.15, 0.2) is 28.7 Å². The summed E-state index contributed by atoms with van der Waals surface area (Å²) in [4.78, 5) is 4.90. The standard InChI is InChI=1S/C15H23BrN2O/c1-2-15(13-3-5-14(16)6-4-13)18-9-7-17(8-10-18)11-12-19/h3-6,15,19H,2,7-12H2,1H3. The Morgan fingerprint density at radius 2 is 1.79 bits per heavy atom. The Morgan fingerprint density at radius 1 is 1.16 bits per heavy atom. The van der Waals surface area contributed by atoms with Crippen molar-refractivity contribution in [1.29, 1.82) is 0 Å². The van der Waals surface area contributed by atoms with Crippen LogP contribution in [0.4, 0.5) is 0 Å². The SMILES string of the molecule is CCC(c1ccc(Br)cc1)N1CCN(CCO)CC1. The molecular weight excluding hydrogens is 304 g/mol. The molecule has 1 atom stereocenters. The van der Waals surface area contributed by atoms with E-state index in [2.05, 4.69) is 56.9 Å². The number of hydrogen-bond donors (Lipinski definition) is 1. The van der Waals surface area contributed by atoms with Crippen LogP contribution in [0.1, 0.15) is 24.9 Å². The number of aliphatic hydroxyl groups excluding tert-OH is 1. The van der Waals surface area contributed by atoms with Crippen LogP contribution < -0.4 is 0 Å². The van der Waals surface area contributed by atoms with Crippen molar-refractivity contribution in [2.45, 2.75) is 19.4 Å². The van der Waals surface area contributed by atoms with Gasteiger partial charge in [-0.25, -0.2) is 0 Å². The molecule has 1 aromatic carbocycles. The number of aliphatic hydroxyl groups is 1. The number of halogens is 1. The van der Waals surface area contributed by atoms with Crippen molar-refractivity contribution in [1.82, 2.24) is 9.80 Å². The summed E-state index contributed by atoms with van der Waals surface area (Å²) in [6, 6.07) is 9.21. The zero-order chi connectivity index (χ0) is 13.7. The van der Waals surface area contributed by atoms with Crippen molar-refractivity contribution < 1.29 is 5.11 Å². The van der Waals surface area contributed by atoms with Gasteiger partial charge >= 0.3 is 0 Å². The zero-order valence-corrected chi connectivity index (χ0v) is 13.1. The predicted molar refractivity (Wildman–Crippen MR) is 82.3 cm³/mol. The van der Waals surface area contributed by atoms with Crippen LogP contribution in [0.2, 0.25) is 0 Å². The molecule has 3 nitrogen and oxygen atoms in total. The molecule has 0 aliphatic carbocycles. The van der Waals surface area contributed by atoms with Crippen LogP contribution >= 0.6 is 15.9 Å². The molecular formula is C15H23BrN2O. The normalized spacial score (nSPS) is 19.5. The van der Waals surface area contributed by atoms with Gasteiger partial charge in [-0.2, -0.15) is 0 Å². The van der Waals surface area contributed by atoms with Gasteiger partial charge in [-0.3, -0.25) is 9.80 Å². The topological polar surface area (TPSA) is 26.7 Å². The number of rotatable bonds is 5. The molecule has 2 rings (SSSR count). The summed E-state index contributed by atoms with van der Waals surface area (Å²) in [5.74, 6) is 0. The lowest BCUT2D eigenvalue weighted by molar-refractivity contribution is 0.0818. The van der Waals surface area contributed by atoms with E-state index in [-0.39, 0.29) is 6.61 Å². The average molecular weight is 327 g/mol. The summed E-state index contributed by atoms with van der Waals surface area (Å²) in [5, 5.41) is 8.98. The largest absolute Gasteiger partial charge is 0.395 e. The van der Waals surface area contributed by atoms with Crippen molar-refractivity contribution in [2.75, 3.05) is 39.3 Å². The van der Waals surface area contributed by atoms with Gasteiger partial charge in [0.1, 0.15) is 0 Å². The first-order chi connectivity index (χ1) is 9.24. The third-order valence-corrected chi connectivity index (χ3v) is 4.43. The highest BCUT2D eigenvalue weighted by molar-refractivity contribution is 9.10. The van der Waals surface area contributed by atoms with E-state index in [1.54, 1.807) is 0 Å². The smallest absolute Gasteiger partial charge is 0.0558 e. The Balaban J connectivity index is 1.97. The van der Waals surface area contributed by atoms with E-state index in [1.807, 2.05) is 0 Å². The molecule has 106 valence electrons. The molecule has 4 heteroatoms. The van der Waals surface area contributed by atoms with Gasteiger partial charge in [0.2, 0.25) is 0 Å². The molecule has 1 fully saturated rings. The van der Waals surface area contributed by atoms with Crippen molar-refractivity contribution in [3.05, 3.63) is 34.3 Å². The zero-order valence-electron chi connectivity index (χ0n) is 11.6. The minimum absolute atomic E-state index is 0.268. The molecule has 0 aromatic heterocycles. The van der Waals surface area contributed by atoms with Gasteiger partial charge in [-0.1, -0.05) is 35.0 Å². The average Bonchev–Trinajstić information content (AvgIpc) is 2.44. The van der Waals surface area contributed by atoms with Gasteiger partial charge in [0.25, 0.3) is 0 Å². The van der Waals surface area contributed by atoms with Crippen LogP contribution in [-0.4, -0.2) is 54.2 Å². The molecule has 1 N–H and O–H groups in total. The van der Waals surface area contributed by atoms with E-state index in [9.17, 15) is 0 Å². The first-order valence-electron chi connectivity index (χ1n) is 7.07. The predicted octanol–water partition coefficient (Wildman–Crippen LogP) is 2.51. The summed E-state index contributed by atoms with van der Waals surface area (Å²) in [6.07, 6.45) is 1.14. The van der Waals surface area contributed by atoms with Crippen LogP contribution in [0.3, 0.4) is 0 Å². The Labute approximate surface area is 124 Å². The summed E-state index contributed by atoms with van der Waals surface area (Å²) in [6.45, 7) is 7.64. The highest BCUT2D eigenvalue weighted by Gasteiger charge is 2.23. The lowest BCUT2D eigenvalue weighted by atomic mass is 10.0. The molecule has 1 unspecified atom stereocenters. The van der Waals surface area contributed by atoms with E-state index in [0.29, 0.717) is 6.04 Å². The highest BCUT2D eigenvalue weighted by Crippen LogP contribution is 2.26. The van der Waals surface area contributed by atoms with Crippen molar-refractivity contribution in [2.24, 2.45) is 0 Å². The van der Waals surface area contributed by atoms with Gasteiger partial charge < -0.3 is 5.11 Å². The second kappa shape index (κ2) is 7.39. The molecule has 0 saturated carbocycles. The quantitative estimate of drug-likeness (QED) is 0.900. The van der Waals surface area contributed by atoms with E-state index >= 15 is 0 Å². The summed E-state index contributed by atoms with van der Waals surface area (Å²) in [5.41, 5.74) is 1.40. The molecule has 19 heavy (non-hydrogen) atoms. The Morgan fingerprint density at radius 3 is 2.32 bits per heavy atom. The molecule has 0 amide bonds. The van der Waals surface area contributed by atoms with E-state index < -0.39 is 0 Å². The molecule has 1 saturated heterocycles. The molecule has 1 aliphatic rings. The monoisotopic (exact) mass is 326 g/mol. The fourth-order valence-corrected chi connectivity index (χ4v) is 3.09. The Hall–Kier alpha value is -0.420. The minimum Gasteiger partial charge on any atom is -0.395 e. The maximum absolute atomic E-state index is 8.98. The molecule has 1 aliphatic heterocycles. The fourth-order valence-electron chi connectivity index (χ4n) is 2.83. The van der Waals surface area contributed by atoms with E-state index in [4.69, 9.17) is 5.11 Å². The Bertz CT molecular complexity index is 374. The number of piperazine rings is 1. The molecule has 1 aromatic rings. The van der Waals surface area contributed by atoms with Crippen molar-refractivity contribution >= 4 is 15.9 Å². The van der Waals surface area contributed by atoms with E-state index in [1.165, 1.54) is 5.56 Å². The van der Waals surface area contributed by atoms with Crippen LogP contribution in [0.5, 0.6) is 0 Å². The van der Waals surface area contributed by atoms with Gasteiger partial charge in [0.15, 0.2) is 0 Å². The maximum atomic E-state index is 8.98.